The van der Waals surface area contributed by atoms with Crippen LogP contribution in [-0.4, -0.2) is 12.0 Å². The molecule has 1 heterocycles. The van der Waals surface area contributed by atoms with E-state index in [0.29, 0.717) is 12.0 Å². The Morgan fingerprint density at radius 1 is 1.05 bits per heavy atom. The lowest BCUT2D eigenvalue weighted by Gasteiger charge is -2.11. The van der Waals surface area contributed by atoms with Crippen LogP contribution in [0.25, 0.3) is 10.9 Å². The van der Waals surface area contributed by atoms with Crippen molar-refractivity contribution >= 4 is 10.9 Å². The van der Waals surface area contributed by atoms with E-state index in [0.717, 1.165) is 6.42 Å². The zero-order valence-electron chi connectivity index (χ0n) is 12.5. The zero-order valence-corrected chi connectivity index (χ0v) is 12.5. The lowest BCUT2D eigenvalue weighted by molar-refractivity contribution is 0.566. The van der Waals surface area contributed by atoms with Crippen molar-refractivity contribution < 1.29 is 0 Å². The van der Waals surface area contributed by atoms with Gasteiger partial charge in [-0.15, -0.1) is 0 Å². The Balaban J connectivity index is 1.88. The van der Waals surface area contributed by atoms with Gasteiger partial charge < -0.3 is 10.3 Å². The molecule has 3 aromatic rings. The van der Waals surface area contributed by atoms with Gasteiger partial charge in [0.15, 0.2) is 0 Å². The van der Waals surface area contributed by atoms with Crippen LogP contribution in [0, 0.1) is 6.92 Å². The van der Waals surface area contributed by atoms with Crippen molar-refractivity contribution in [2.75, 3.05) is 7.05 Å². The lowest BCUT2D eigenvalue weighted by atomic mass is 9.92. The van der Waals surface area contributed by atoms with Crippen LogP contribution in [-0.2, 0) is 0 Å². The van der Waals surface area contributed by atoms with Gasteiger partial charge in [0.2, 0.25) is 0 Å². The van der Waals surface area contributed by atoms with E-state index >= 15 is 0 Å². The van der Waals surface area contributed by atoms with Gasteiger partial charge in [0.1, 0.15) is 0 Å². The van der Waals surface area contributed by atoms with Crippen LogP contribution in [0.5, 0.6) is 0 Å². The molecule has 0 saturated heterocycles. The monoisotopic (exact) mass is 276 g/mol. The van der Waals surface area contributed by atoms with E-state index in [4.69, 9.17) is 0 Å². The molecular weight excluding hydrogens is 256 g/mol. The van der Waals surface area contributed by atoms with Gasteiger partial charge in [-0.2, -0.15) is 0 Å². The summed E-state index contributed by atoms with van der Waals surface area (Å²) in [5, 5.41) is 4.83. The summed E-state index contributed by atoms with van der Waals surface area (Å²) in [6.07, 6.45) is 3.33. The van der Waals surface area contributed by atoms with Gasteiger partial charge in [-0.3, -0.25) is 0 Å². The Labute approximate surface area is 125 Å². The minimum Gasteiger partial charge on any atom is -0.361 e. The Hall–Kier alpha value is -2.06. The van der Waals surface area contributed by atoms with Gasteiger partial charge in [-0.25, -0.2) is 0 Å². The summed E-state index contributed by atoms with van der Waals surface area (Å²) in [5.41, 5.74) is 6.91. The predicted molar refractivity (Wildman–Crippen MR) is 87.7 cm³/mol. The summed E-state index contributed by atoms with van der Waals surface area (Å²) >= 11 is 0. The first-order valence-corrected chi connectivity index (χ1v) is 7.61. The molecule has 0 unspecified atom stereocenters. The second kappa shape index (κ2) is 4.74. The fourth-order valence-corrected chi connectivity index (χ4v) is 3.75. The molecule has 0 radical (unpaired) electrons. The highest BCUT2D eigenvalue weighted by atomic mass is 14.9. The lowest BCUT2D eigenvalue weighted by Crippen LogP contribution is -2.13. The SMILES string of the molecule is CN[C@@H]1C[C@@H](c2c[nH]c3ccc(C)cc23)c2ccccc21. The van der Waals surface area contributed by atoms with Gasteiger partial charge in [0.05, 0.1) is 0 Å². The zero-order chi connectivity index (χ0) is 14.4. The molecule has 2 aromatic carbocycles. The van der Waals surface area contributed by atoms with E-state index in [-0.39, 0.29) is 0 Å². The number of fused-ring (bicyclic) bond motifs is 2. The molecule has 1 aliphatic carbocycles. The van der Waals surface area contributed by atoms with E-state index in [1.54, 1.807) is 0 Å². The number of H-pyrrole nitrogens is 1. The largest absolute Gasteiger partial charge is 0.361 e. The second-order valence-corrected chi connectivity index (χ2v) is 6.05. The summed E-state index contributed by atoms with van der Waals surface area (Å²) in [7, 11) is 2.06. The van der Waals surface area contributed by atoms with E-state index in [2.05, 4.69) is 72.9 Å². The summed E-state index contributed by atoms with van der Waals surface area (Å²) in [5.74, 6) is 0.481. The van der Waals surface area contributed by atoms with Gasteiger partial charge >= 0.3 is 0 Å². The van der Waals surface area contributed by atoms with Crippen molar-refractivity contribution in [3.63, 3.8) is 0 Å². The number of aromatic amines is 1. The fourth-order valence-electron chi connectivity index (χ4n) is 3.75. The van der Waals surface area contributed by atoms with Crippen LogP contribution in [0.3, 0.4) is 0 Å². The molecule has 0 aliphatic heterocycles. The summed E-state index contributed by atoms with van der Waals surface area (Å²) < 4.78 is 0. The van der Waals surface area contributed by atoms with Crippen LogP contribution in [0.4, 0.5) is 0 Å². The summed E-state index contributed by atoms with van der Waals surface area (Å²) in [4.78, 5) is 3.44. The van der Waals surface area contributed by atoms with Crippen molar-refractivity contribution in [2.24, 2.45) is 0 Å². The van der Waals surface area contributed by atoms with E-state index in [1.165, 1.54) is 33.2 Å². The average molecular weight is 276 g/mol. The molecule has 0 spiro atoms. The quantitative estimate of drug-likeness (QED) is 0.718. The van der Waals surface area contributed by atoms with Crippen LogP contribution < -0.4 is 5.32 Å². The number of aryl methyl sites for hydroxylation is 1. The fraction of sp³-hybridized carbons (Fsp3) is 0.263. The van der Waals surface area contributed by atoms with Crippen molar-refractivity contribution in [1.29, 1.82) is 0 Å². The van der Waals surface area contributed by atoms with Crippen molar-refractivity contribution in [1.82, 2.24) is 10.3 Å². The van der Waals surface area contributed by atoms with Gasteiger partial charge in [0, 0.05) is 29.1 Å². The molecule has 0 fully saturated rings. The normalized spacial score (nSPS) is 20.9. The third kappa shape index (κ3) is 1.90. The number of nitrogens with one attached hydrogen (secondary N) is 2. The molecule has 2 atom stereocenters. The van der Waals surface area contributed by atoms with Crippen LogP contribution in [0.2, 0.25) is 0 Å². The molecule has 106 valence electrons. The predicted octanol–water partition coefficient (Wildman–Crippen LogP) is 4.27. The Kier molecular flexibility index (Phi) is 2.86. The number of hydrogen-bond acceptors (Lipinski definition) is 1. The molecule has 21 heavy (non-hydrogen) atoms. The van der Waals surface area contributed by atoms with Crippen LogP contribution >= 0.6 is 0 Å². The number of aromatic nitrogens is 1. The Morgan fingerprint density at radius 3 is 2.67 bits per heavy atom. The van der Waals surface area contributed by atoms with E-state index in [9.17, 15) is 0 Å². The van der Waals surface area contributed by atoms with Gasteiger partial charge in [-0.1, -0.05) is 35.9 Å². The number of hydrogen-bond donors (Lipinski definition) is 2. The third-order valence-electron chi connectivity index (χ3n) is 4.81. The van der Waals surface area contributed by atoms with Gasteiger partial charge in [0.25, 0.3) is 0 Å². The highest BCUT2D eigenvalue weighted by molar-refractivity contribution is 5.85. The maximum Gasteiger partial charge on any atom is 0.0457 e. The second-order valence-electron chi connectivity index (χ2n) is 6.05. The molecule has 2 heteroatoms. The highest BCUT2D eigenvalue weighted by Gasteiger charge is 2.31. The maximum atomic E-state index is 3.46. The summed E-state index contributed by atoms with van der Waals surface area (Å²) in [6, 6.07) is 16.0. The Morgan fingerprint density at radius 2 is 1.86 bits per heavy atom. The van der Waals surface area contributed by atoms with E-state index in [1.807, 2.05) is 0 Å². The van der Waals surface area contributed by atoms with Gasteiger partial charge in [-0.05, 0) is 49.2 Å². The van der Waals surface area contributed by atoms with E-state index < -0.39 is 0 Å². The topological polar surface area (TPSA) is 27.8 Å². The molecule has 1 aliphatic rings. The molecule has 2 nitrogen and oxygen atoms in total. The minimum atomic E-state index is 0.459. The van der Waals surface area contributed by atoms with Crippen molar-refractivity contribution in [3.8, 4) is 0 Å². The standard InChI is InChI=1S/C19H20N2/c1-12-7-8-18-16(9-12)17(11-21-18)15-10-19(20-2)14-6-4-3-5-13(14)15/h3-9,11,15,19-21H,10H2,1-2H3/t15-,19-/m1/s1. The van der Waals surface area contributed by atoms with Crippen LogP contribution in [0.15, 0.2) is 48.7 Å². The molecule has 2 N–H and O–H groups in total. The number of rotatable bonds is 2. The first kappa shape index (κ1) is 12.7. The van der Waals surface area contributed by atoms with Crippen molar-refractivity contribution in [2.45, 2.75) is 25.3 Å². The first-order chi connectivity index (χ1) is 10.3. The smallest absolute Gasteiger partial charge is 0.0457 e. The van der Waals surface area contributed by atoms with Crippen LogP contribution in [0.1, 0.15) is 40.6 Å². The third-order valence-corrected chi connectivity index (χ3v) is 4.81. The molecule has 1 aromatic heterocycles. The molecule has 0 amide bonds. The van der Waals surface area contributed by atoms with Crippen molar-refractivity contribution in [3.05, 3.63) is 70.9 Å². The first-order valence-electron chi connectivity index (χ1n) is 7.61. The molecule has 0 saturated carbocycles. The number of benzene rings is 2. The molecule has 4 rings (SSSR count). The molecule has 0 bridgehead atoms. The minimum absolute atomic E-state index is 0.459. The maximum absolute atomic E-state index is 3.46. The summed E-state index contributed by atoms with van der Waals surface area (Å²) in [6.45, 7) is 2.16. The average Bonchev–Trinajstić information content (AvgIpc) is 3.07. The molecular formula is C19H20N2. The highest BCUT2D eigenvalue weighted by Crippen LogP contribution is 2.45. The Bertz CT molecular complexity index is 800.